The molecule has 0 aliphatic rings. The Morgan fingerprint density at radius 3 is 1.55 bits per heavy atom. The van der Waals surface area contributed by atoms with Crippen molar-refractivity contribution in [3.63, 3.8) is 0 Å². The molecule has 3 heteroatoms. The fourth-order valence-electron chi connectivity index (χ4n) is 7.00. The lowest BCUT2D eigenvalue weighted by Crippen LogP contribution is -2.13. The molecule has 1 heterocycles. The van der Waals surface area contributed by atoms with Crippen molar-refractivity contribution in [2.24, 2.45) is 0 Å². The normalized spacial score (nSPS) is 11.3. The minimum Gasteiger partial charge on any atom is -0.454 e. The van der Waals surface area contributed by atoms with Gasteiger partial charge in [-0.3, -0.25) is 0 Å². The molecule has 0 unspecified atom stereocenters. The number of hydrogen-bond acceptors (Lipinski definition) is 3. The maximum absolute atomic E-state index is 6.64. The van der Waals surface area contributed by atoms with Crippen molar-refractivity contribution < 1.29 is 4.42 Å². The second kappa shape index (κ2) is 12.2. The van der Waals surface area contributed by atoms with Crippen LogP contribution in [0.3, 0.4) is 0 Å². The molecular formula is C46H32N2O. The SMILES string of the molecule is c1ccc(N(c2ccccc2)c2cc(-c3cccc4ccccc34)cc(N(c3ccccc3)c3cccc4c3oc3ccccc34)c2)cc1. The lowest BCUT2D eigenvalue weighted by Gasteiger charge is -2.30. The fraction of sp³-hybridized carbons (Fsp3) is 0. The first-order valence-corrected chi connectivity index (χ1v) is 16.6. The van der Waals surface area contributed by atoms with E-state index in [1.807, 2.05) is 12.1 Å². The van der Waals surface area contributed by atoms with Gasteiger partial charge < -0.3 is 14.2 Å². The minimum atomic E-state index is 0.854. The van der Waals surface area contributed by atoms with Gasteiger partial charge >= 0.3 is 0 Å². The summed E-state index contributed by atoms with van der Waals surface area (Å²) < 4.78 is 6.64. The number of anilines is 6. The topological polar surface area (TPSA) is 19.6 Å². The molecule has 9 rings (SSSR count). The van der Waals surface area contributed by atoms with Crippen molar-refractivity contribution in [1.82, 2.24) is 0 Å². The number of rotatable bonds is 7. The van der Waals surface area contributed by atoms with Gasteiger partial charge in [0.05, 0.1) is 5.69 Å². The van der Waals surface area contributed by atoms with Crippen LogP contribution in [0.4, 0.5) is 34.1 Å². The molecule has 49 heavy (non-hydrogen) atoms. The Morgan fingerprint density at radius 2 is 0.857 bits per heavy atom. The van der Waals surface area contributed by atoms with E-state index in [4.69, 9.17) is 4.42 Å². The monoisotopic (exact) mass is 628 g/mol. The third kappa shape index (κ3) is 5.18. The summed E-state index contributed by atoms with van der Waals surface area (Å²) in [6.45, 7) is 0. The predicted molar refractivity (Wildman–Crippen MR) is 206 cm³/mol. The minimum absolute atomic E-state index is 0.854. The Hall–Kier alpha value is -6.58. The van der Waals surface area contributed by atoms with Gasteiger partial charge in [-0.15, -0.1) is 0 Å². The van der Waals surface area contributed by atoms with E-state index in [1.165, 1.54) is 16.3 Å². The molecule has 9 aromatic rings. The molecular weight excluding hydrogens is 597 g/mol. The molecule has 0 aliphatic carbocycles. The summed E-state index contributed by atoms with van der Waals surface area (Å²) in [5.74, 6) is 0. The van der Waals surface area contributed by atoms with Gasteiger partial charge in [0.2, 0.25) is 0 Å². The molecule has 232 valence electrons. The van der Waals surface area contributed by atoms with Crippen LogP contribution in [0.1, 0.15) is 0 Å². The van der Waals surface area contributed by atoms with Gasteiger partial charge in [0.25, 0.3) is 0 Å². The van der Waals surface area contributed by atoms with Crippen LogP contribution in [0.25, 0.3) is 43.8 Å². The average molecular weight is 629 g/mol. The molecule has 1 aromatic heterocycles. The van der Waals surface area contributed by atoms with E-state index in [0.29, 0.717) is 0 Å². The van der Waals surface area contributed by atoms with Gasteiger partial charge in [-0.2, -0.15) is 0 Å². The van der Waals surface area contributed by atoms with Crippen LogP contribution in [-0.2, 0) is 0 Å². The van der Waals surface area contributed by atoms with Crippen molar-refractivity contribution in [3.05, 3.63) is 194 Å². The summed E-state index contributed by atoms with van der Waals surface area (Å²) in [4.78, 5) is 4.67. The van der Waals surface area contributed by atoms with Gasteiger partial charge in [-0.25, -0.2) is 0 Å². The van der Waals surface area contributed by atoms with E-state index in [1.54, 1.807) is 0 Å². The summed E-state index contributed by atoms with van der Waals surface area (Å²) in [5.41, 5.74) is 10.3. The van der Waals surface area contributed by atoms with Crippen LogP contribution >= 0.6 is 0 Å². The van der Waals surface area contributed by atoms with Crippen LogP contribution in [0.15, 0.2) is 199 Å². The van der Waals surface area contributed by atoms with E-state index >= 15 is 0 Å². The Balaban J connectivity index is 1.36. The van der Waals surface area contributed by atoms with Gasteiger partial charge in [0.15, 0.2) is 5.58 Å². The van der Waals surface area contributed by atoms with Crippen LogP contribution in [0.2, 0.25) is 0 Å². The zero-order chi connectivity index (χ0) is 32.6. The van der Waals surface area contributed by atoms with E-state index in [9.17, 15) is 0 Å². The standard InChI is InChI=1S/C46H32N2O/c1-4-18-35(19-5-1)47(36-20-6-2-7-21-36)38-30-34(41-26-14-17-33-16-10-11-24-40(33)41)31-39(32-38)48(37-22-8-3-9-23-37)44-28-15-27-43-42-25-12-13-29-45(42)49-46(43)44/h1-32H. The fourth-order valence-corrected chi connectivity index (χ4v) is 7.00. The Morgan fingerprint density at radius 1 is 0.347 bits per heavy atom. The van der Waals surface area contributed by atoms with E-state index < -0.39 is 0 Å². The molecule has 0 radical (unpaired) electrons. The van der Waals surface area contributed by atoms with Crippen molar-refractivity contribution >= 4 is 66.8 Å². The van der Waals surface area contributed by atoms with Gasteiger partial charge in [-0.1, -0.05) is 127 Å². The molecule has 3 nitrogen and oxygen atoms in total. The smallest absolute Gasteiger partial charge is 0.159 e. The zero-order valence-corrected chi connectivity index (χ0v) is 26.8. The number of para-hydroxylation sites is 5. The first-order valence-electron chi connectivity index (χ1n) is 16.6. The first kappa shape index (κ1) is 28.6. The van der Waals surface area contributed by atoms with Crippen LogP contribution in [0, 0.1) is 0 Å². The Bertz CT molecular complexity index is 2510. The van der Waals surface area contributed by atoms with Crippen molar-refractivity contribution in [2.45, 2.75) is 0 Å². The third-order valence-electron chi connectivity index (χ3n) is 9.19. The number of hydrogen-bond donors (Lipinski definition) is 0. The largest absolute Gasteiger partial charge is 0.454 e. The summed E-state index contributed by atoms with van der Waals surface area (Å²) >= 11 is 0. The van der Waals surface area contributed by atoms with Crippen LogP contribution in [-0.4, -0.2) is 0 Å². The van der Waals surface area contributed by atoms with Crippen molar-refractivity contribution in [1.29, 1.82) is 0 Å². The van der Waals surface area contributed by atoms with Gasteiger partial charge in [0.1, 0.15) is 5.58 Å². The van der Waals surface area contributed by atoms with E-state index in [-0.39, 0.29) is 0 Å². The maximum atomic E-state index is 6.64. The van der Waals surface area contributed by atoms with Gasteiger partial charge in [-0.05, 0) is 88.6 Å². The number of nitrogens with zero attached hydrogens (tertiary/aromatic N) is 2. The quantitative estimate of drug-likeness (QED) is 0.175. The Labute approximate surface area is 285 Å². The van der Waals surface area contributed by atoms with Crippen molar-refractivity contribution in [3.8, 4) is 11.1 Å². The average Bonchev–Trinajstić information content (AvgIpc) is 3.56. The summed E-state index contributed by atoms with van der Waals surface area (Å²) in [7, 11) is 0. The lowest BCUT2D eigenvalue weighted by molar-refractivity contribution is 0.669. The van der Waals surface area contributed by atoms with E-state index in [2.05, 4.69) is 192 Å². The number of furan rings is 1. The maximum Gasteiger partial charge on any atom is 0.159 e. The molecule has 0 spiro atoms. The first-order chi connectivity index (χ1) is 24.3. The molecule has 0 bridgehead atoms. The highest BCUT2D eigenvalue weighted by molar-refractivity contribution is 6.10. The summed E-state index contributed by atoms with van der Waals surface area (Å²) in [6.07, 6.45) is 0. The zero-order valence-electron chi connectivity index (χ0n) is 26.8. The highest BCUT2D eigenvalue weighted by Gasteiger charge is 2.22. The molecule has 0 saturated heterocycles. The van der Waals surface area contributed by atoms with E-state index in [0.717, 1.165) is 61.6 Å². The second-order valence-electron chi connectivity index (χ2n) is 12.2. The lowest BCUT2D eigenvalue weighted by atomic mass is 9.96. The molecule has 0 amide bonds. The second-order valence-corrected chi connectivity index (χ2v) is 12.2. The number of fused-ring (bicyclic) bond motifs is 4. The molecule has 8 aromatic carbocycles. The van der Waals surface area contributed by atoms with Crippen LogP contribution < -0.4 is 9.80 Å². The summed E-state index contributed by atoms with van der Waals surface area (Å²) in [5, 5.41) is 4.62. The third-order valence-corrected chi connectivity index (χ3v) is 9.19. The molecule has 0 N–H and O–H groups in total. The molecule has 0 aliphatic heterocycles. The predicted octanol–water partition coefficient (Wildman–Crippen LogP) is 13.3. The highest BCUT2D eigenvalue weighted by atomic mass is 16.3. The Kier molecular flexibility index (Phi) is 7.14. The number of benzene rings is 8. The molecule has 0 saturated carbocycles. The van der Waals surface area contributed by atoms with Crippen molar-refractivity contribution in [2.75, 3.05) is 9.80 Å². The summed E-state index contributed by atoms with van der Waals surface area (Å²) in [6, 6.07) is 68.6. The van der Waals surface area contributed by atoms with Gasteiger partial charge in [0, 0.05) is 39.2 Å². The molecule has 0 atom stereocenters. The highest BCUT2D eigenvalue weighted by Crippen LogP contribution is 2.46. The molecule has 0 fully saturated rings. The van der Waals surface area contributed by atoms with Crippen LogP contribution in [0.5, 0.6) is 0 Å².